The molecule has 3 nitrogen and oxygen atoms in total. The number of nitrogens with zero attached hydrogens (tertiary/aromatic N) is 2. The zero-order valence-corrected chi connectivity index (χ0v) is 12.9. The van der Waals surface area contributed by atoms with Crippen LogP contribution in [0, 0.1) is 6.92 Å². The fourth-order valence-electron chi connectivity index (χ4n) is 3.44. The molecule has 112 valence electrons. The highest BCUT2D eigenvalue weighted by molar-refractivity contribution is 5.75. The summed E-state index contributed by atoms with van der Waals surface area (Å²) in [6.07, 6.45) is 2.43. The highest BCUT2D eigenvalue weighted by Gasteiger charge is 2.28. The SMILES string of the molecule is Cc1ccc2nc([C@@H]3CCCN3Cc3ccccc3)[nH]c2c1. The molecule has 0 spiro atoms. The van der Waals surface area contributed by atoms with Crippen LogP contribution in [0.15, 0.2) is 48.5 Å². The van der Waals surface area contributed by atoms with E-state index in [1.165, 1.54) is 24.0 Å². The van der Waals surface area contributed by atoms with E-state index < -0.39 is 0 Å². The molecule has 1 atom stereocenters. The molecular weight excluding hydrogens is 270 g/mol. The Morgan fingerprint density at radius 1 is 1.18 bits per heavy atom. The summed E-state index contributed by atoms with van der Waals surface area (Å²) in [5.74, 6) is 1.12. The number of fused-ring (bicyclic) bond motifs is 1. The molecule has 1 N–H and O–H groups in total. The monoisotopic (exact) mass is 291 g/mol. The van der Waals surface area contributed by atoms with Crippen molar-refractivity contribution in [1.29, 1.82) is 0 Å². The number of benzene rings is 2. The minimum absolute atomic E-state index is 0.410. The van der Waals surface area contributed by atoms with Gasteiger partial charge in [-0.1, -0.05) is 36.4 Å². The Kier molecular flexibility index (Phi) is 3.43. The van der Waals surface area contributed by atoms with Gasteiger partial charge in [-0.25, -0.2) is 4.98 Å². The van der Waals surface area contributed by atoms with E-state index in [-0.39, 0.29) is 0 Å². The molecule has 22 heavy (non-hydrogen) atoms. The van der Waals surface area contributed by atoms with Crippen molar-refractivity contribution in [2.45, 2.75) is 32.4 Å². The molecule has 2 aromatic carbocycles. The number of aromatic amines is 1. The fraction of sp³-hybridized carbons (Fsp3) is 0.316. The third-order valence-electron chi connectivity index (χ3n) is 4.56. The number of rotatable bonds is 3. The van der Waals surface area contributed by atoms with Gasteiger partial charge in [0.1, 0.15) is 5.82 Å². The molecule has 3 aromatic rings. The predicted molar refractivity (Wildman–Crippen MR) is 89.7 cm³/mol. The first-order chi connectivity index (χ1) is 10.8. The molecule has 1 saturated heterocycles. The molecular formula is C19H21N3. The number of aromatic nitrogens is 2. The minimum atomic E-state index is 0.410. The summed E-state index contributed by atoms with van der Waals surface area (Å²) >= 11 is 0. The molecule has 1 aromatic heterocycles. The van der Waals surface area contributed by atoms with E-state index in [1.807, 2.05) is 0 Å². The molecule has 2 heterocycles. The Balaban J connectivity index is 1.61. The predicted octanol–water partition coefficient (Wildman–Crippen LogP) is 4.21. The van der Waals surface area contributed by atoms with Gasteiger partial charge in [0.05, 0.1) is 17.1 Å². The molecule has 4 rings (SSSR count). The van der Waals surface area contributed by atoms with E-state index in [0.717, 1.165) is 29.9 Å². The fourth-order valence-corrected chi connectivity index (χ4v) is 3.44. The molecule has 1 aliphatic rings. The number of nitrogens with one attached hydrogen (secondary N) is 1. The van der Waals surface area contributed by atoms with Crippen molar-refractivity contribution in [3.05, 3.63) is 65.5 Å². The van der Waals surface area contributed by atoms with Crippen molar-refractivity contribution in [2.24, 2.45) is 0 Å². The summed E-state index contributed by atoms with van der Waals surface area (Å²) < 4.78 is 0. The summed E-state index contributed by atoms with van der Waals surface area (Å²) in [6, 6.07) is 17.6. The van der Waals surface area contributed by atoms with Crippen LogP contribution in [0.5, 0.6) is 0 Å². The van der Waals surface area contributed by atoms with Gasteiger partial charge in [0.15, 0.2) is 0 Å². The van der Waals surface area contributed by atoms with Crippen molar-refractivity contribution >= 4 is 11.0 Å². The lowest BCUT2D eigenvalue weighted by atomic mass is 10.2. The van der Waals surface area contributed by atoms with E-state index in [0.29, 0.717) is 6.04 Å². The van der Waals surface area contributed by atoms with Crippen LogP contribution in [0.25, 0.3) is 11.0 Å². The third-order valence-corrected chi connectivity index (χ3v) is 4.56. The Bertz CT molecular complexity index is 776. The van der Waals surface area contributed by atoms with Gasteiger partial charge in [-0.2, -0.15) is 0 Å². The lowest BCUT2D eigenvalue weighted by molar-refractivity contribution is 0.241. The van der Waals surface area contributed by atoms with Crippen LogP contribution in [-0.2, 0) is 6.54 Å². The van der Waals surface area contributed by atoms with Crippen molar-refractivity contribution in [3.63, 3.8) is 0 Å². The van der Waals surface area contributed by atoms with E-state index in [1.54, 1.807) is 0 Å². The van der Waals surface area contributed by atoms with Gasteiger partial charge < -0.3 is 4.98 Å². The van der Waals surface area contributed by atoms with Crippen LogP contribution >= 0.6 is 0 Å². The van der Waals surface area contributed by atoms with Crippen molar-refractivity contribution in [1.82, 2.24) is 14.9 Å². The van der Waals surface area contributed by atoms with Crippen molar-refractivity contribution < 1.29 is 0 Å². The zero-order valence-electron chi connectivity index (χ0n) is 12.9. The van der Waals surface area contributed by atoms with Gasteiger partial charge in [-0.15, -0.1) is 0 Å². The average Bonchev–Trinajstić information content (AvgIpc) is 3.14. The van der Waals surface area contributed by atoms with Gasteiger partial charge in [0.25, 0.3) is 0 Å². The molecule has 0 radical (unpaired) electrons. The first-order valence-corrected chi connectivity index (χ1v) is 8.04. The number of imidazole rings is 1. The van der Waals surface area contributed by atoms with Gasteiger partial charge >= 0.3 is 0 Å². The maximum absolute atomic E-state index is 4.83. The summed E-state index contributed by atoms with van der Waals surface area (Å²) in [5, 5.41) is 0. The molecule has 0 saturated carbocycles. The molecule has 0 bridgehead atoms. The second kappa shape index (κ2) is 5.58. The molecule has 1 aliphatic heterocycles. The van der Waals surface area contributed by atoms with Crippen LogP contribution in [0.2, 0.25) is 0 Å². The smallest absolute Gasteiger partial charge is 0.124 e. The molecule has 1 fully saturated rings. The number of H-pyrrole nitrogens is 1. The Morgan fingerprint density at radius 2 is 2.05 bits per heavy atom. The van der Waals surface area contributed by atoms with Gasteiger partial charge in [-0.05, 0) is 49.6 Å². The third kappa shape index (κ3) is 2.53. The van der Waals surface area contributed by atoms with Gasteiger partial charge in [-0.3, -0.25) is 4.90 Å². The minimum Gasteiger partial charge on any atom is -0.341 e. The molecule has 0 unspecified atom stereocenters. The first-order valence-electron chi connectivity index (χ1n) is 8.04. The molecule has 3 heteroatoms. The molecule has 0 aliphatic carbocycles. The number of hydrogen-bond acceptors (Lipinski definition) is 2. The van der Waals surface area contributed by atoms with Crippen LogP contribution in [0.3, 0.4) is 0 Å². The average molecular weight is 291 g/mol. The summed E-state index contributed by atoms with van der Waals surface area (Å²) in [4.78, 5) is 10.9. The number of aryl methyl sites for hydroxylation is 1. The molecule has 0 amide bonds. The van der Waals surface area contributed by atoms with Gasteiger partial charge in [0, 0.05) is 6.54 Å². The highest BCUT2D eigenvalue weighted by Crippen LogP contribution is 2.32. The summed E-state index contributed by atoms with van der Waals surface area (Å²) in [6.45, 7) is 4.27. The maximum Gasteiger partial charge on any atom is 0.124 e. The Hall–Kier alpha value is -2.13. The van der Waals surface area contributed by atoms with Crippen molar-refractivity contribution in [2.75, 3.05) is 6.54 Å². The topological polar surface area (TPSA) is 31.9 Å². The van der Waals surface area contributed by atoms with Gasteiger partial charge in [0.2, 0.25) is 0 Å². The quantitative estimate of drug-likeness (QED) is 0.784. The van der Waals surface area contributed by atoms with E-state index in [2.05, 4.69) is 65.3 Å². The van der Waals surface area contributed by atoms with E-state index >= 15 is 0 Å². The maximum atomic E-state index is 4.83. The van der Waals surface area contributed by atoms with Crippen LogP contribution < -0.4 is 0 Å². The number of likely N-dealkylation sites (tertiary alicyclic amines) is 1. The normalized spacial score (nSPS) is 19.0. The summed E-state index contributed by atoms with van der Waals surface area (Å²) in [5.41, 5.74) is 4.88. The van der Waals surface area contributed by atoms with E-state index in [9.17, 15) is 0 Å². The Labute approximate surface area is 131 Å². The van der Waals surface area contributed by atoms with Crippen molar-refractivity contribution in [3.8, 4) is 0 Å². The van der Waals surface area contributed by atoms with Crippen LogP contribution in [0.1, 0.15) is 35.8 Å². The van der Waals surface area contributed by atoms with E-state index in [4.69, 9.17) is 4.98 Å². The largest absolute Gasteiger partial charge is 0.341 e. The summed E-state index contributed by atoms with van der Waals surface area (Å²) in [7, 11) is 0. The highest BCUT2D eigenvalue weighted by atomic mass is 15.2. The first kappa shape index (κ1) is 13.5. The lowest BCUT2D eigenvalue weighted by Crippen LogP contribution is -2.23. The second-order valence-corrected chi connectivity index (χ2v) is 6.26. The lowest BCUT2D eigenvalue weighted by Gasteiger charge is -2.22. The van der Waals surface area contributed by atoms with Crippen LogP contribution in [-0.4, -0.2) is 21.4 Å². The Morgan fingerprint density at radius 3 is 2.91 bits per heavy atom. The standard InChI is InChI=1S/C19H21N3/c1-14-9-10-16-17(12-14)21-19(20-16)18-8-5-11-22(18)13-15-6-3-2-4-7-15/h2-4,6-7,9-10,12,18H,5,8,11,13H2,1H3,(H,20,21)/t18-/m0/s1. The number of hydrogen-bond donors (Lipinski definition) is 1. The van der Waals surface area contributed by atoms with Crippen LogP contribution in [0.4, 0.5) is 0 Å². The zero-order chi connectivity index (χ0) is 14.9. The second-order valence-electron chi connectivity index (χ2n) is 6.26.